The molecule has 2 amide bonds. The van der Waals surface area contributed by atoms with E-state index in [9.17, 15) is 19.5 Å². The highest BCUT2D eigenvalue weighted by Gasteiger charge is 2.66. The number of ether oxygens (including phenoxy) is 1. The molecule has 0 bridgehead atoms. The van der Waals surface area contributed by atoms with Crippen molar-refractivity contribution in [3.05, 3.63) is 29.8 Å². The molecule has 0 aliphatic heterocycles. The van der Waals surface area contributed by atoms with Crippen LogP contribution in [-0.2, 0) is 14.3 Å². The first-order chi connectivity index (χ1) is 11.6. The molecule has 1 aromatic rings. The van der Waals surface area contributed by atoms with Crippen molar-refractivity contribution in [1.82, 2.24) is 5.32 Å². The Balaban J connectivity index is 2.17. The quantitative estimate of drug-likeness (QED) is 0.730. The second kappa shape index (κ2) is 6.84. The van der Waals surface area contributed by atoms with E-state index < -0.39 is 22.8 Å². The van der Waals surface area contributed by atoms with Gasteiger partial charge in [0.05, 0.1) is 6.10 Å². The summed E-state index contributed by atoms with van der Waals surface area (Å²) in [5, 5.41) is 15.0. The molecule has 0 aromatic heterocycles. The van der Waals surface area contributed by atoms with Crippen LogP contribution in [0.4, 0.5) is 5.69 Å². The Labute approximate surface area is 146 Å². The summed E-state index contributed by atoms with van der Waals surface area (Å²) in [6.07, 6.45) is -0.00477. The van der Waals surface area contributed by atoms with Gasteiger partial charge >= 0.3 is 5.97 Å². The molecule has 2 rings (SSSR count). The third-order valence-corrected chi connectivity index (χ3v) is 4.92. The molecule has 1 aliphatic rings. The Hall–Kier alpha value is -2.41. The van der Waals surface area contributed by atoms with Gasteiger partial charge in [-0.25, -0.2) is 4.79 Å². The zero-order chi connectivity index (χ0) is 18.8. The van der Waals surface area contributed by atoms with Crippen LogP contribution in [0.25, 0.3) is 0 Å². The Morgan fingerprint density at radius 2 is 1.84 bits per heavy atom. The number of anilines is 1. The maximum absolute atomic E-state index is 12.5. The van der Waals surface area contributed by atoms with Crippen LogP contribution in [0.5, 0.6) is 0 Å². The molecule has 2 atom stereocenters. The van der Waals surface area contributed by atoms with Gasteiger partial charge in [0.15, 0.2) is 0 Å². The summed E-state index contributed by atoms with van der Waals surface area (Å²) in [5.74, 6) is -1.75. The lowest BCUT2D eigenvalue weighted by atomic mass is 9.54. The normalized spacial score (nSPS) is 24.1. The smallest absolute Gasteiger partial charge is 0.330 e. The molecule has 3 N–H and O–H groups in total. The van der Waals surface area contributed by atoms with Crippen molar-refractivity contribution in [3.63, 3.8) is 0 Å². The van der Waals surface area contributed by atoms with Crippen molar-refractivity contribution >= 4 is 23.5 Å². The monoisotopic (exact) mass is 348 g/mol. The van der Waals surface area contributed by atoms with Crippen LogP contribution in [0, 0.1) is 5.41 Å². The lowest BCUT2D eigenvalue weighted by molar-refractivity contribution is -0.190. The van der Waals surface area contributed by atoms with Gasteiger partial charge in [0.2, 0.25) is 5.91 Å². The van der Waals surface area contributed by atoms with Gasteiger partial charge in [-0.15, -0.1) is 0 Å². The van der Waals surface area contributed by atoms with E-state index in [-0.39, 0.29) is 18.4 Å². The number of hydrogen-bond donors (Lipinski definition) is 3. The minimum atomic E-state index is -1.37. The number of carbonyl (C=O) groups is 3. The van der Waals surface area contributed by atoms with E-state index in [1.165, 1.54) is 6.92 Å². The standard InChI is InChI=1S/C18H24N2O5/c1-5-25-14-10-18(16(23)24,17(14,3)4)20-15(22)12-6-8-13(9-7-12)19-11(2)21/h6-9,14H,5,10H2,1-4H3,(H,19,21)(H,20,22)(H,23,24). The van der Waals surface area contributed by atoms with Crippen molar-refractivity contribution in [2.24, 2.45) is 5.41 Å². The van der Waals surface area contributed by atoms with E-state index in [1.54, 1.807) is 38.1 Å². The fourth-order valence-electron chi connectivity index (χ4n) is 3.21. The van der Waals surface area contributed by atoms with Gasteiger partial charge in [-0.3, -0.25) is 9.59 Å². The van der Waals surface area contributed by atoms with E-state index in [1.807, 2.05) is 6.92 Å². The number of carbonyl (C=O) groups excluding carboxylic acids is 2. The lowest BCUT2D eigenvalue weighted by Gasteiger charge is -2.58. The van der Waals surface area contributed by atoms with E-state index in [4.69, 9.17) is 4.74 Å². The molecular weight excluding hydrogens is 324 g/mol. The molecule has 1 aromatic carbocycles. The first-order valence-electron chi connectivity index (χ1n) is 8.19. The number of benzene rings is 1. The second-order valence-corrected chi connectivity index (χ2v) is 6.79. The van der Waals surface area contributed by atoms with Crippen molar-refractivity contribution in [1.29, 1.82) is 0 Å². The minimum Gasteiger partial charge on any atom is -0.479 e. The van der Waals surface area contributed by atoms with Crippen molar-refractivity contribution in [2.75, 3.05) is 11.9 Å². The average Bonchev–Trinajstić information content (AvgIpc) is 2.53. The summed E-state index contributed by atoms with van der Waals surface area (Å²) >= 11 is 0. The van der Waals surface area contributed by atoms with Crippen molar-refractivity contribution < 1.29 is 24.2 Å². The van der Waals surface area contributed by atoms with E-state index >= 15 is 0 Å². The second-order valence-electron chi connectivity index (χ2n) is 6.79. The van der Waals surface area contributed by atoms with Crippen LogP contribution in [0.3, 0.4) is 0 Å². The Morgan fingerprint density at radius 3 is 2.28 bits per heavy atom. The van der Waals surface area contributed by atoms with Gasteiger partial charge in [0.25, 0.3) is 5.91 Å². The summed E-state index contributed by atoms with van der Waals surface area (Å²) in [6, 6.07) is 6.28. The topological polar surface area (TPSA) is 105 Å². The molecule has 0 radical (unpaired) electrons. The molecular formula is C18H24N2O5. The van der Waals surface area contributed by atoms with Crippen molar-refractivity contribution in [2.45, 2.75) is 45.8 Å². The Bertz CT molecular complexity index is 683. The van der Waals surface area contributed by atoms with Crippen LogP contribution >= 0.6 is 0 Å². The number of amides is 2. The third-order valence-electron chi connectivity index (χ3n) is 4.92. The van der Waals surface area contributed by atoms with Gasteiger partial charge < -0.3 is 20.5 Å². The summed E-state index contributed by atoms with van der Waals surface area (Å²) in [7, 11) is 0. The average molecular weight is 348 g/mol. The predicted octanol–water partition coefficient (Wildman–Crippen LogP) is 2.03. The van der Waals surface area contributed by atoms with E-state index in [2.05, 4.69) is 10.6 Å². The highest BCUT2D eigenvalue weighted by molar-refractivity contribution is 5.99. The lowest BCUT2D eigenvalue weighted by Crippen LogP contribution is -2.76. The predicted molar refractivity (Wildman–Crippen MR) is 92.4 cm³/mol. The highest BCUT2D eigenvalue weighted by Crippen LogP contribution is 2.51. The largest absolute Gasteiger partial charge is 0.479 e. The third kappa shape index (κ3) is 3.37. The maximum atomic E-state index is 12.5. The van der Waals surface area contributed by atoms with Gasteiger partial charge in [-0.1, -0.05) is 13.8 Å². The highest BCUT2D eigenvalue weighted by atomic mass is 16.5. The summed E-state index contributed by atoms with van der Waals surface area (Å²) < 4.78 is 5.58. The van der Waals surface area contributed by atoms with Crippen LogP contribution in [0.1, 0.15) is 44.5 Å². The van der Waals surface area contributed by atoms with Gasteiger partial charge in [-0.2, -0.15) is 0 Å². The van der Waals surface area contributed by atoms with Crippen molar-refractivity contribution in [3.8, 4) is 0 Å². The zero-order valence-electron chi connectivity index (χ0n) is 14.9. The molecule has 0 saturated heterocycles. The Morgan fingerprint density at radius 1 is 1.24 bits per heavy atom. The van der Waals surface area contributed by atoms with Gasteiger partial charge in [0.1, 0.15) is 5.54 Å². The van der Waals surface area contributed by atoms with Gasteiger partial charge in [0, 0.05) is 36.6 Å². The van der Waals surface area contributed by atoms with Crippen LogP contribution in [-0.4, -0.2) is 41.1 Å². The number of aliphatic carboxylic acids is 1. The molecule has 0 spiro atoms. The summed E-state index contributed by atoms with van der Waals surface area (Å²) in [4.78, 5) is 35.5. The first-order valence-corrected chi connectivity index (χ1v) is 8.19. The van der Waals surface area contributed by atoms with Crippen LogP contribution < -0.4 is 10.6 Å². The molecule has 0 heterocycles. The molecule has 2 unspecified atom stereocenters. The number of hydrogen-bond acceptors (Lipinski definition) is 4. The molecule has 1 fully saturated rings. The fourth-order valence-corrected chi connectivity index (χ4v) is 3.21. The number of rotatable bonds is 6. The molecule has 1 aliphatic carbocycles. The molecule has 25 heavy (non-hydrogen) atoms. The summed E-state index contributed by atoms with van der Waals surface area (Å²) in [5.41, 5.74) is -1.22. The number of carboxylic acid groups (broad SMARTS) is 1. The SMILES string of the molecule is CCOC1CC(NC(=O)c2ccc(NC(C)=O)cc2)(C(=O)O)C1(C)C. The van der Waals surface area contributed by atoms with Crippen LogP contribution in [0.15, 0.2) is 24.3 Å². The first kappa shape index (κ1) is 18.9. The molecule has 136 valence electrons. The molecule has 1 saturated carbocycles. The van der Waals surface area contributed by atoms with E-state index in [0.717, 1.165) is 0 Å². The summed E-state index contributed by atoms with van der Waals surface area (Å²) in [6.45, 7) is 7.30. The van der Waals surface area contributed by atoms with E-state index in [0.29, 0.717) is 17.9 Å². The number of carboxylic acids is 1. The maximum Gasteiger partial charge on any atom is 0.330 e. The minimum absolute atomic E-state index is 0.208. The fraction of sp³-hybridized carbons (Fsp3) is 0.500. The number of nitrogens with one attached hydrogen (secondary N) is 2. The van der Waals surface area contributed by atoms with Crippen LogP contribution in [0.2, 0.25) is 0 Å². The zero-order valence-corrected chi connectivity index (χ0v) is 14.9. The molecule has 7 heteroatoms. The van der Waals surface area contributed by atoms with Gasteiger partial charge in [-0.05, 0) is 31.2 Å². The Kier molecular flexibility index (Phi) is 5.17. The molecule has 7 nitrogen and oxygen atoms in total.